The number of aliphatic hydroxyl groups excluding tert-OH is 1. The van der Waals surface area contributed by atoms with E-state index in [9.17, 15) is 4.79 Å². The van der Waals surface area contributed by atoms with Gasteiger partial charge in [-0.05, 0) is 36.6 Å². The normalized spacial score (nSPS) is 15.4. The number of nitrogens with one attached hydrogen (secondary N) is 1. The number of carbonyl (C=O) groups is 1. The van der Waals surface area contributed by atoms with E-state index in [1.807, 2.05) is 54.6 Å². The molecular formula is C23H25N5O3. The van der Waals surface area contributed by atoms with E-state index in [-0.39, 0.29) is 6.61 Å². The lowest BCUT2D eigenvalue weighted by atomic mass is 9.95. The Hall–Kier alpha value is -3.65. The Morgan fingerprint density at radius 2 is 1.94 bits per heavy atom. The third-order valence-electron chi connectivity index (χ3n) is 5.16. The maximum Gasteiger partial charge on any atom is 0.248 e. The van der Waals surface area contributed by atoms with Gasteiger partial charge in [0.15, 0.2) is 5.82 Å². The van der Waals surface area contributed by atoms with Gasteiger partial charge in [0.05, 0.1) is 5.57 Å². The Morgan fingerprint density at radius 3 is 2.61 bits per heavy atom. The quantitative estimate of drug-likeness (QED) is 0.517. The average molecular weight is 419 g/mol. The molecule has 0 bridgehead atoms. The molecule has 0 aliphatic carbocycles. The van der Waals surface area contributed by atoms with E-state index in [4.69, 9.17) is 15.6 Å². The highest BCUT2D eigenvalue weighted by atomic mass is 16.5. The molecule has 1 amide bonds. The zero-order valence-corrected chi connectivity index (χ0v) is 17.3. The smallest absolute Gasteiger partial charge is 0.248 e. The molecule has 4 N–H and O–H groups in total. The largest absolute Gasteiger partial charge is 0.489 e. The molecule has 1 aliphatic rings. The molecule has 2 aromatic carbocycles. The van der Waals surface area contributed by atoms with Gasteiger partial charge in [-0.3, -0.25) is 4.79 Å². The van der Waals surface area contributed by atoms with Crippen molar-refractivity contribution in [2.75, 3.05) is 11.9 Å². The number of carbonyl (C=O) groups excluding carboxylic acids is 1. The van der Waals surface area contributed by atoms with Crippen molar-refractivity contribution in [3.8, 4) is 5.75 Å². The Morgan fingerprint density at radius 1 is 1.19 bits per heavy atom. The van der Waals surface area contributed by atoms with E-state index in [0.717, 1.165) is 16.9 Å². The van der Waals surface area contributed by atoms with Crippen molar-refractivity contribution in [3.05, 3.63) is 82.8 Å². The summed E-state index contributed by atoms with van der Waals surface area (Å²) in [5.74, 6) is 1.36. The van der Waals surface area contributed by atoms with E-state index < -0.39 is 11.9 Å². The zero-order chi connectivity index (χ0) is 21.8. The molecule has 1 aromatic heterocycles. The number of hydrogen-bond acceptors (Lipinski definition) is 6. The number of ether oxygens (including phenoxy) is 1. The Bertz CT molecular complexity index is 1090. The van der Waals surface area contributed by atoms with E-state index >= 15 is 0 Å². The van der Waals surface area contributed by atoms with Gasteiger partial charge in [0.25, 0.3) is 0 Å². The van der Waals surface area contributed by atoms with Crippen LogP contribution >= 0.6 is 0 Å². The van der Waals surface area contributed by atoms with Crippen LogP contribution in [0.4, 0.5) is 5.95 Å². The van der Waals surface area contributed by atoms with Crippen molar-refractivity contribution >= 4 is 11.9 Å². The Labute approximate surface area is 180 Å². The summed E-state index contributed by atoms with van der Waals surface area (Å²) in [6, 6.07) is 17.0. The van der Waals surface area contributed by atoms with Gasteiger partial charge in [-0.15, -0.1) is 0 Å². The first kappa shape index (κ1) is 20.6. The fourth-order valence-corrected chi connectivity index (χ4v) is 3.65. The van der Waals surface area contributed by atoms with Crippen LogP contribution in [0.5, 0.6) is 5.75 Å². The lowest BCUT2D eigenvalue weighted by molar-refractivity contribution is -0.115. The van der Waals surface area contributed by atoms with Gasteiger partial charge in [-0.1, -0.05) is 42.5 Å². The lowest BCUT2D eigenvalue weighted by Crippen LogP contribution is -2.31. The Kier molecular flexibility index (Phi) is 5.99. The van der Waals surface area contributed by atoms with Crippen molar-refractivity contribution in [1.29, 1.82) is 0 Å². The van der Waals surface area contributed by atoms with Gasteiger partial charge < -0.3 is 20.9 Å². The first-order valence-corrected chi connectivity index (χ1v) is 10.2. The molecule has 8 nitrogen and oxygen atoms in total. The number of fused-ring (bicyclic) bond motifs is 1. The van der Waals surface area contributed by atoms with Crippen LogP contribution in [0.25, 0.3) is 0 Å². The van der Waals surface area contributed by atoms with Crippen LogP contribution in [0, 0.1) is 0 Å². The molecule has 3 aromatic rings. The van der Waals surface area contributed by atoms with E-state index in [1.165, 1.54) is 0 Å². The highest BCUT2D eigenvalue weighted by Crippen LogP contribution is 2.35. The number of aryl methyl sites for hydroxylation is 1. The standard InChI is InChI=1S/C23H25N5O3/c1-15-20(22(24)30)21(28-23(25-15)26-19(27-28)8-5-13-29)17-9-11-18(12-10-17)31-14-16-6-3-2-4-7-16/h2-4,6-7,9-12,21,29H,5,8,13-14H2,1H3,(H2,24,30)(H,25,26,27)/t21-/m1/s1. The fraction of sp³-hybridized carbons (Fsp3) is 0.261. The van der Waals surface area contributed by atoms with Gasteiger partial charge in [-0.25, -0.2) is 4.68 Å². The summed E-state index contributed by atoms with van der Waals surface area (Å²) in [4.78, 5) is 16.8. The van der Waals surface area contributed by atoms with Gasteiger partial charge in [0, 0.05) is 18.7 Å². The van der Waals surface area contributed by atoms with Crippen LogP contribution in [0.1, 0.15) is 36.3 Å². The van der Waals surface area contributed by atoms with E-state index in [1.54, 1.807) is 11.6 Å². The number of nitrogens with two attached hydrogens (primary N) is 1. The average Bonchev–Trinajstić information content (AvgIpc) is 3.18. The van der Waals surface area contributed by atoms with Crippen molar-refractivity contribution in [1.82, 2.24) is 14.8 Å². The van der Waals surface area contributed by atoms with Gasteiger partial charge >= 0.3 is 0 Å². The number of nitrogens with zero attached hydrogens (tertiary/aromatic N) is 3. The maximum atomic E-state index is 12.3. The first-order chi connectivity index (χ1) is 15.1. The predicted molar refractivity (Wildman–Crippen MR) is 116 cm³/mol. The van der Waals surface area contributed by atoms with Crippen LogP contribution in [0.15, 0.2) is 65.9 Å². The fourth-order valence-electron chi connectivity index (χ4n) is 3.65. The first-order valence-electron chi connectivity index (χ1n) is 10.2. The molecular weight excluding hydrogens is 394 g/mol. The molecule has 160 valence electrons. The molecule has 8 heteroatoms. The summed E-state index contributed by atoms with van der Waals surface area (Å²) < 4.78 is 7.55. The van der Waals surface area contributed by atoms with E-state index in [0.29, 0.717) is 42.5 Å². The summed E-state index contributed by atoms with van der Waals surface area (Å²) in [5.41, 5.74) is 8.73. The molecule has 2 heterocycles. The number of allylic oxidation sites excluding steroid dienone is 1. The van der Waals surface area contributed by atoms with Crippen LogP contribution in [-0.2, 0) is 17.8 Å². The minimum absolute atomic E-state index is 0.0645. The number of primary amides is 1. The molecule has 0 fully saturated rings. The number of amides is 1. The summed E-state index contributed by atoms with van der Waals surface area (Å²) in [6.07, 6.45) is 1.11. The SMILES string of the molecule is CC1=C(C(N)=O)[C@@H](c2ccc(OCc3ccccc3)cc2)n2nc(CCCO)nc2N1. The molecule has 1 atom stereocenters. The highest BCUT2D eigenvalue weighted by Gasteiger charge is 2.33. The summed E-state index contributed by atoms with van der Waals surface area (Å²) in [6.45, 7) is 2.34. The zero-order valence-electron chi connectivity index (χ0n) is 17.3. The Balaban J connectivity index is 1.61. The summed E-state index contributed by atoms with van der Waals surface area (Å²) in [7, 11) is 0. The summed E-state index contributed by atoms with van der Waals surface area (Å²) in [5, 5.41) is 16.8. The second kappa shape index (κ2) is 9.01. The molecule has 0 saturated carbocycles. The molecule has 1 aliphatic heterocycles. The molecule has 0 unspecified atom stereocenters. The number of aromatic nitrogens is 3. The second-order valence-corrected chi connectivity index (χ2v) is 7.40. The third kappa shape index (κ3) is 4.44. The molecule has 4 rings (SSSR count). The second-order valence-electron chi connectivity index (χ2n) is 7.40. The van der Waals surface area contributed by atoms with Crippen molar-refractivity contribution in [2.24, 2.45) is 5.73 Å². The lowest BCUT2D eigenvalue weighted by Gasteiger charge is -2.27. The number of benzene rings is 2. The topological polar surface area (TPSA) is 115 Å². The van der Waals surface area contributed by atoms with Crippen LogP contribution in [-0.4, -0.2) is 32.4 Å². The van der Waals surface area contributed by atoms with Crippen LogP contribution in [0.2, 0.25) is 0 Å². The molecule has 0 saturated heterocycles. The maximum absolute atomic E-state index is 12.3. The molecule has 31 heavy (non-hydrogen) atoms. The number of anilines is 1. The van der Waals surface area contributed by atoms with Gasteiger partial charge in [-0.2, -0.15) is 10.1 Å². The molecule has 0 radical (unpaired) electrons. The molecule has 0 spiro atoms. The highest BCUT2D eigenvalue weighted by molar-refractivity contribution is 5.95. The number of hydrogen-bond donors (Lipinski definition) is 3. The van der Waals surface area contributed by atoms with Crippen LogP contribution in [0.3, 0.4) is 0 Å². The summed E-state index contributed by atoms with van der Waals surface area (Å²) >= 11 is 0. The minimum atomic E-state index is -0.516. The third-order valence-corrected chi connectivity index (χ3v) is 5.16. The predicted octanol–water partition coefficient (Wildman–Crippen LogP) is 2.56. The van der Waals surface area contributed by atoms with Gasteiger partial charge in [0.2, 0.25) is 11.9 Å². The van der Waals surface area contributed by atoms with Crippen LogP contribution < -0.4 is 15.8 Å². The van der Waals surface area contributed by atoms with Crippen molar-refractivity contribution in [3.63, 3.8) is 0 Å². The number of aliphatic hydroxyl groups is 1. The minimum Gasteiger partial charge on any atom is -0.489 e. The monoisotopic (exact) mass is 419 g/mol. The van der Waals surface area contributed by atoms with E-state index in [2.05, 4.69) is 15.4 Å². The van der Waals surface area contributed by atoms with Crippen molar-refractivity contribution in [2.45, 2.75) is 32.4 Å². The van der Waals surface area contributed by atoms with Gasteiger partial charge in [0.1, 0.15) is 18.4 Å². The number of rotatable bonds is 8. The van der Waals surface area contributed by atoms with Crippen molar-refractivity contribution < 1.29 is 14.6 Å².